The summed E-state index contributed by atoms with van der Waals surface area (Å²) in [4.78, 5) is 2.46. The van der Waals surface area contributed by atoms with Crippen LogP contribution < -0.4 is 0 Å². The summed E-state index contributed by atoms with van der Waals surface area (Å²) in [5.74, 6) is 2.20. The monoisotopic (exact) mass is 273 g/mol. The lowest BCUT2D eigenvalue weighted by molar-refractivity contribution is 0.194. The van der Waals surface area contributed by atoms with E-state index in [1.54, 1.807) is 0 Å². The van der Waals surface area contributed by atoms with Gasteiger partial charge in [-0.3, -0.25) is 0 Å². The maximum absolute atomic E-state index is 3.97. The Balaban J connectivity index is 2.73. The van der Waals surface area contributed by atoms with E-state index in [1.807, 2.05) is 12.2 Å². The Kier molecular flexibility index (Phi) is 6.84. The molecule has 0 N–H and O–H groups in total. The second kappa shape index (κ2) is 8.14. The topological polar surface area (TPSA) is 3.24 Å². The maximum atomic E-state index is 3.97. The molecule has 0 aromatic heterocycles. The fourth-order valence-electron chi connectivity index (χ4n) is 2.80. The molecule has 20 heavy (non-hydrogen) atoms. The molecule has 1 nitrogen and oxygen atoms in total. The fourth-order valence-corrected chi connectivity index (χ4v) is 2.80. The van der Waals surface area contributed by atoms with Crippen LogP contribution in [0, 0.1) is 17.8 Å². The zero-order chi connectivity index (χ0) is 15.1. The Morgan fingerprint density at radius 3 is 2.00 bits per heavy atom. The molecule has 0 aromatic rings. The lowest BCUT2D eigenvalue weighted by atomic mass is 9.86. The third-order valence-corrected chi connectivity index (χ3v) is 4.41. The Hall–Kier alpha value is -1.24. The van der Waals surface area contributed by atoms with Crippen LogP contribution >= 0.6 is 0 Å². The highest BCUT2D eigenvalue weighted by Gasteiger charge is 2.21. The van der Waals surface area contributed by atoms with Gasteiger partial charge in [0.1, 0.15) is 0 Å². The number of hydrogen-bond donors (Lipinski definition) is 0. The van der Waals surface area contributed by atoms with E-state index < -0.39 is 0 Å². The predicted molar refractivity (Wildman–Crippen MR) is 90.5 cm³/mol. The summed E-state index contributed by atoms with van der Waals surface area (Å²) in [6.07, 6.45) is 10.9. The number of allylic oxidation sites excluding steroid dienone is 5. The molecule has 0 unspecified atom stereocenters. The molecule has 0 radical (unpaired) electrons. The molecule has 1 rings (SSSR count). The van der Waals surface area contributed by atoms with Crippen LogP contribution in [0.4, 0.5) is 0 Å². The van der Waals surface area contributed by atoms with Crippen molar-refractivity contribution in [1.82, 2.24) is 4.90 Å². The van der Waals surface area contributed by atoms with Crippen molar-refractivity contribution < 1.29 is 0 Å². The average molecular weight is 273 g/mol. The van der Waals surface area contributed by atoms with Gasteiger partial charge in [-0.2, -0.15) is 0 Å². The summed E-state index contributed by atoms with van der Waals surface area (Å²) in [6, 6.07) is 0. The molecule has 1 saturated heterocycles. The molecular weight excluding hydrogens is 242 g/mol. The van der Waals surface area contributed by atoms with Crippen molar-refractivity contribution in [3.05, 3.63) is 48.7 Å². The molecule has 1 aliphatic heterocycles. The largest absolute Gasteiger partial charge is 0.372 e. The van der Waals surface area contributed by atoms with Gasteiger partial charge in [-0.25, -0.2) is 0 Å². The van der Waals surface area contributed by atoms with Crippen molar-refractivity contribution in [3.63, 3.8) is 0 Å². The summed E-state index contributed by atoms with van der Waals surface area (Å²) in [5.41, 5.74) is 2.52. The third-order valence-electron chi connectivity index (χ3n) is 4.41. The van der Waals surface area contributed by atoms with Crippen LogP contribution in [0.1, 0.15) is 40.5 Å². The number of rotatable bonds is 6. The van der Waals surface area contributed by atoms with Gasteiger partial charge in [-0.15, -0.1) is 0 Å². The zero-order valence-electron chi connectivity index (χ0n) is 13.7. The molecule has 0 amide bonds. The van der Waals surface area contributed by atoms with Gasteiger partial charge in [0.05, 0.1) is 0 Å². The van der Waals surface area contributed by atoms with Crippen LogP contribution in [0.5, 0.6) is 0 Å². The van der Waals surface area contributed by atoms with Gasteiger partial charge in [0, 0.05) is 18.8 Å². The summed E-state index contributed by atoms with van der Waals surface area (Å²) in [5, 5.41) is 0. The number of hydrogen-bond acceptors (Lipinski definition) is 1. The van der Waals surface area contributed by atoms with Crippen LogP contribution in [-0.4, -0.2) is 18.0 Å². The Labute approximate surface area is 125 Å². The first-order chi connectivity index (χ1) is 9.49. The predicted octanol–water partition coefficient (Wildman–Crippen LogP) is 5.19. The van der Waals surface area contributed by atoms with Gasteiger partial charge in [0.25, 0.3) is 0 Å². The first-order valence-corrected chi connectivity index (χ1v) is 7.91. The fraction of sp³-hybridized carbons (Fsp3) is 0.579. The number of nitrogens with zero attached hydrogens (tertiary/aromatic N) is 1. The summed E-state index contributed by atoms with van der Waals surface area (Å²) < 4.78 is 0. The van der Waals surface area contributed by atoms with Gasteiger partial charge in [0.15, 0.2) is 0 Å². The second-order valence-electron chi connectivity index (χ2n) is 6.39. The van der Waals surface area contributed by atoms with Crippen LogP contribution in [0.25, 0.3) is 0 Å². The molecule has 1 heteroatoms. The summed E-state index contributed by atoms with van der Waals surface area (Å²) >= 11 is 0. The molecule has 0 atom stereocenters. The van der Waals surface area contributed by atoms with E-state index in [0.29, 0.717) is 5.92 Å². The Morgan fingerprint density at radius 1 is 1.00 bits per heavy atom. The molecule has 1 aliphatic rings. The molecule has 0 bridgehead atoms. The highest BCUT2D eigenvalue weighted by atomic mass is 15.1. The highest BCUT2D eigenvalue weighted by Crippen LogP contribution is 2.26. The lowest BCUT2D eigenvalue weighted by Crippen LogP contribution is -2.34. The first-order valence-electron chi connectivity index (χ1n) is 7.91. The van der Waals surface area contributed by atoms with E-state index in [4.69, 9.17) is 0 Å². The van der Waals surface area contributed by atoms with Crippen LogP contribution in [0.15, 0.2) is 48.7 Å². The van der Waals surface area contributed by atoms with Crippen molar-refractivity contribution in [3.8, 4) is 0 Å². The molecule has 0 aliphatic carbocycles. The van der Waals surface area contributed by atoms with Crippen molar-refractivity contribution in [2.45, 2.75) is 40.5 Å². The van der Waals surface area contributed by atoms with Gasteiger partial charge in [-0.1, -0.05) is 53.0 Å². The van der Waals surface area contributed by atoms with Crippen molar-refractivity contribution >= 4 is 0 Å². The van der Waals surface area contributed by atoms with Crippen molar-refractivity contribution in [1.29, 1.82) is 0 Å². The summed E-state index contributed by atoms with van der Waals surface area (Å²) in [6.45, 7) is 19.2. The maximum Gasteiger partial charge on any atom is 0.0360 e. The van der Waals surface area contributed by atoms with Gasteiger partial charge in [0.2, 0.25) is 0 Å². The molecule has 0 spiro atoms. The highest BCUT2D eigenvalue weighted by molar-refractivity contribution is 5.29. The van der Waals surface area contributed by atoms with E-state index in [0.717, 1.165) is 24.9 Å². The van der Waals surface area contributed by atoms with Gasteiger partial charge >= 0.3 is 0 Å². The van der Waals surface area contributed by atoms with Crippen LogP contribution in [-0.2, 0) is 0 Å². The van der Waals surface area contributed by atoms with Gasteiger partial charge in [-0.05, 0) is 48.3 Å². The molecule has 0 saturated carbocycles. The van der Waals surface area contributed by atoms with Crippen molar-refractivity contribution in [2.24, 2.45) is 17.8 Å². The van der Waals surface area contributed by atoms with E-state index in [2.05, 4.69) is 57.9 Å². The SMILES string of the molecule is C=C/C(=C\C=C(/C=C)N1CCC(C(C)C)CC1)C(C)C. The van der Waals surface area contributed by atoms with Crippen molar-refractivity contribution in [2.75, 3.05) is 13.1 Å². The molecule has 112 valence electrons. The van der Waals surface area contributed by atoms with Crippen LogP contribution in [0.3, 0.4) is 0 Å². The smallest absolute Gasteiger partial charge is 0.0360 e. The molecule has 1 heterocycles. The minimum absolute atomic E-state index is 0.515. The third kappa shape index (κ3) is 4.70. The Bertz CT molecular complexity index is 377. The standard InChI is InChI=1S/C19H31N/c1-7-17(15(3)4)9-10-19(8-2)20-13-11-18(12-14-20)16(5)6/h7-10,15-16,18H,1-2,11-14H2,3-6H3/b17-9+,19-10+. The zero-order valence-corrected chi connectivity index (χ0v) is 13.7. The second-order valence-corrected chi connectivity index (χ2v) is 6.39. The minimum atomic E-state index is 0.515. The molecule has 0 aromatic carbocycles. The van der Waals surface area contributed by atoms with Crippen LogP contribution in [0.2, 0.25) is 0 Å². The lowest BCUT2D eigenvalue weighted by Gasteiger charge is -2.35. The normalized spacial score (nSPS) is 18.8. The van der Waals surface area contributed by atoms with Gasteiger partial charge < -0.3 is 4.90 Å². The summed E-state index contributed by atoms with van der Waals surface area (Å²) in [7, 11) is 0. The first kappa shape index (κ1) is 16.8. The van der Waals surface area contributed by atoms with E-state index in [1.165, 1.54) is 24.1 Å². The molecular formula is C19H31N. The van der Waals surface area contributed by atoms with E-state index in [9.17, 15) is 0 Å². The quantitative estimate of drug-likeness (QED) is 0.602. The molecule has 1 fully saturated rings. The number of piperidine rings is 1. The van der Waals surface area contributed by atoms with E-state index in [-0.39, 0.29) is 0 Å². The number of likely N-dealkylation sites (tertiary alicyclic amines) is 1. The Morgan fingerprint density at radius 2 is 1.60 bits per heavy atom. The average Bonchev–Trinajstić information content (AvgIpc) is 2.43. The van der Waals surface area contributed by atoms with E-state index >= 15 is 0 Å². The minimum Gasteiger partial charge on any atom is -0.372 e.